The summed E-state index contributed by atoms with van der Waals surface area (Å²) in [6, 6.07) is 5.38. The highest BCUT2D eigenvalue weighted by Crippen LogP contribution is 2.10. The second kappa shape index (κ2) is 5.87. The first-order valence-electron chi connectivity index (χ1n) is 5.37. The number of sulfonamides is 2. The van der Waals surface area contributed by atoms with Crippen molar-refractivity contribution in [3.8, 4) is 0 Å². The topological polar surface area (TPSA) is 144 Å². The lowest BCUT2D eigenvalue weighted by molar-refractivity contribution is -0.136. The molecule has 0 bridgehead atoms. The third kappa shape index (κ3) is 4.27. The third-order valence-electron chi connectivity index (χ3n) is 2.52. The Bertz CT molecular complexity index is 711. The Labute approximate surface area is 116 Å². The van der Waals surface area contributed by atoms with Crippen LogP contribution in [0.1, 0.15) is 12.5 Å². The van der Waals surface area contributed by atoms with Gasteiger partial charge in [-0.1, -0.05) is 12.1 Å². The van der Waals surface area contributed by atoms with E-state index in [9.17, 15) is 21.6 Å². The van der Waals surface area contributed by atoms with Crippen LogP contribution in [0, 0.1) is 0 Å². The van der Waals surface area contributed by atoms with Crippen LogP contribution in [-0.4, -0.2) is 33.2 Å². The van der Waals surface area contributed by atoms with E-state index in [-0.39, 0.29) is 11.4 Å². The summed E-state index contributed by atoms with van der Waals surface area (Å²) in [5, 5.41) is 12.0. The molecule has 1 rings (SSSR count). The molecule has 0 aliphatic heterocycles. The first-order chi connectivity index (χ1) is 9.04. The van der Waals surface area contributed by atoms with Crippen LogP contribution in [0.25, 0.3) is 0 Å². The number of benzene rings is 1. The largest absolute Gasteiger partial charge is 0.480 e. The van der Waals surface area contributed by atoms with Crippen molar-refractivity contribution in [2.45, 2.75) is 23.6 Å². The summed E-state index contributed by atoms with van der Waals surface area (Å²) in [6.07, 6.45) is 0. The van der Waals surface area contributed by atoms with Crippen LogP contribution in [0.5, 0.6) is 0 Å². The highest BCUT2D eigenvalue weighted by atomic mass is 32.2. The average molecular weight is 322 g/mol. The Hall–Kier alpha value is -1.49. The van der Waals surface area contributed by atoms with Gasteiger partial charge in [0, 0.05) is 6.54 Å². The fraction of sp³-hybridized carbons (Fsp3) is 0.300. The monoisotopic (exact) mass is 322 g/mol. The van der Waals surface area contributed by atoms with E-state index in [2.05, 4.69) is 4.72 Å². The minimum Gasteiger partial charge on any atom is -0.480 e. The summed E-state index contributed by atoms with van der Waals surface area (Å²) in [6.45, 7) is 0.800. The first-order valence-corrected chi connectivity index (χ1v) is 8.46. The predicted molar refractivity (Wildman–Crippen MR) is 70.7 cm³/mol. The summed E-state index contributed by atoms with van der Waals surface area (Å²) >= 11 is 0. The van der Waals surface area contributed by atoms with E-state index >= 15 is 0 Å². The van der Waals surface area contributed by atoms with E-state index < -0.39 is 31.3 Å². The molecule has 0 amide bonds. The number of nitrogens with two attached hydrogens (primary N) is 1. The molecule has 10 heteroatoms. The fourth-order valence-electron chi connectivity index (χ4n) is 1.27. The number of carboxylic acid groups (broad SMARTS) is 1. The van der Waals surface area contributed by atoms with Gasteiger partial charge in [-0.05, 0) is 24.6 Å². The van der Waals surface area contributed by atoms with Crippen molar-refractivity contribution in [2.24, 2.45) is 5.14 Å². The number of hydrogen-bond acceptors (Lipinski definition) is 5. The van der Waals surface area contributed by atoms with E-state index in [1.807, 2.05) is 0 Å². The van der Waals surface area contributed by atoms with Crippen molar-refractivity contribution in [1.29, 1.82) is 0 Å². The highest BCUT2D eigenvalue weighted by Gasteiger charge is 2.27. The van der Waals surface area contributed by atoms with Crippen LogP contribution in [-0.2, 0) is 31.4 Å². The molecule has 8 nitrogen and oxygen atoms in total. The Kier molecular flexibility index (Phi) is 4.86. The van der Waals surface area contributed by atoms with E-state index in [0.29, 0.717) is 5.56 Å². The lowest BCUT2D eigenvalue weighted by Gasteiger charge is -2.10. The van der Waals surface area contributed by atoms with E-state index in [4.69, 9.17) is 10.2 Å². The third-order valence-corrected chi connectivity index (χ3v) is 5.11. The van der Waals surface area contributed by atoms with Gasteiger partial charge in [0.25, 0.3) is 0 Å². The van der Waals surface area contributed by atoms with E-state index in [1.54, 1.807) is 0 Å². The highest BCUT2D eigenvalue weighted by molar-refractivity contribution is 7.90. The van der Waals surface area contributed by atoms with Gasteiger partial charge >= 0.3 is 5.97 Å². The van der Waals surface area contributed by atoms with Gasteiger partial charge in [0.2, 0.25) is 20.0 Å². The van der Waals surface area contributed by atoms with Crippen molar-refractivity contribution in [3.05, 3.63) is 29.8 Å². The Morgan fingerprint density at radius 3 is 2.45 bits per heavy atom. The Morgan fingerprint density at radius 1 is 1.35 bits per heavy atom. The van der Waals surface area contributed by atoms with Gasteiger partial charge in [-0.3, -0.25) is 4.79 Å². The standard InChI is InChI=1S/C10H14N2O6S2/c1-7(10(13)14)20(17,18)12-6-8-3-2-4-9(5-8)19(11,15)16/h2-5,7,12H,6H2,1H3,(H,13,14)(H2,11,15,16). The van der Waals surface area contributed by atoms with Gasteiger partial charge in [-0.25, -0.2) is 26.7 Å². The Balaban J connectivity index is 2.89. The number of hydrogen-bond donors (Lipinski definition) is 3. The van der Waals surface area contributed by atoms with Crippen LogP contribution in [0.15, 0.2) is 29.2 Å². The minimum absolute atomic E-state index is 0.152. The molecule has 0 aliphatic carbocycles. The van der Waals surface area contributed by atoms with Gasteiger partial charge in [0.1, 0.15) is 0 Å². The van der Waals surface area contributed by atoms with Gasteiger partial charge in [-0.15, -0.1) is 0 Å². The molecule has 0 radical (unpaired) electrons. The van der Waals surface area contributed by atoms with Crippen molar-refractivity contribution in [2.75, 3.05) is 0 Å². The zero-order chi connectivity index (χ0) is 15.6. The van der Waals surface area contributed by atoms with Crippen molar-refractivity contribution in [1.82, 2.24) is 4.72 Å². The zero-order valence-corrected chi connectivity index (χ0v) is 12.1. The normalized spacial score (nSPS) is 13.9. The summed E-state index contributed by atoms with van der Waals surface area (Å²) < 4.78 is 47.6. The molecule has 0 saturated heterocycles. The molecule has 1 atom stereocenters. The van der Waals surface area contributed by atoms with Crippen LogP contribution >= 0.6 is 0 Å². The Morgan fingerprint density at radius 2 is 1.95 bits per heavy atom. The molecule has 1 unspecified atom stereocenters. The van der Waals surface area contributed by atoms with Crippen LogP contribution in [0.3, 0.4) is 0 Å². The van der Waals surface area contributed by atoms with E-state index in [1.165, 1.54) is 24.3 Å². The number of carboxylic acids is 1. The minimum atomic E-state index is -4.04. The number of rotatable bonds is 6. The smallest absolute Gasteiger partial charge is 0.323 e. The molecule has 1 aromatic rings. The maximum Gasteiger partial charge on any atom is 0.323 e. The molecule has 0 heterocycles. The van der Waals surface area contributed by atoms with Crippen molar-refractivity contribution in [3.63, 3.8) is 0 Å². The summed E-state index contributed by atoms with van der Waals surface area (Å²) in [4.78, 5) is 10.5. The summed E-state index contributed by atoms with van der Waals surface area (Å²) in [7, 11) is -7.92. The maximum absolute atomic E-state index is 11.6. The average Bonchev–Trinajstić information content (AvgIpc) is 2.35. The molecular formula is C10H14N2O6S2. The number of carbonyl (C=O) groups is 1. The molecule has 4 N–H and O–H groups in total. The molecule has 0 aromatic heterocycles. The van der Waals surface area contributed by atoms with Gasteiger partial charge in [0.05, 0.1) is 4.90 Å². The fourth-order valence-corrected chi connectivity index (χ4v) is 2.74. The zero-order valence-electron chi connectivity index (χ0n) is 10.5. The first kappa shape index (κ1) is 16.6. The SMILES string of the molecule is CC(C(=O)O)S(=O)(=O)NCc1cccc(S(N)(=O)=O)c1. The van der Waals surface area contributed by atoms with Gasteiger partial charge < -0.3 is 5.11 Å². The molecule has 0 spiro atoms. The molecular weight excluding hydrogens is 308 g/mol. The molecule has 0 saturated carbocycles. The van der Waals surface area contributed by atoms with E-state index in [0.717, 1.165) is 6.92 Å². The second-order valence-electron chi connectivity index (χ2n) is 4.04. The predicted octanol–water partition coefficient (Wildman–Crippen LogP) is -0.773. The van der Waals surface area contributed by atoms with Crippen LogP contribution < -0.4 is 9.86 Å². The molecule has 112 valence electrons. The molecule has 1 aromatic carbocycles. The second-order valence-corrected chi connectivity index (χ2v) is 7.69. The molecule has 0 fully saturated rings. The molecule has 20 heavy (non-hydrogen) atoms. The van der Waals surface area contributed by atoms with Crippen LogP contribution in [0.4, 0.5) is 0 Å². The number of aliphatic carboxylic acids is 1. The number of primary sulfonamides is 1. The van der Waals surface area contributed by atoms with Gasteiger partial charge in [0.15, 0.2) is 5.25 Å². The van der Waals surface area contributed by atoms with Crippen molar-refractivity contribution >= 4 is 26.0 Å². The maximum atomic E-state index is 11.6. The molecule has 0 aliphatic rings. The van der Waals surface area contributed by atoms with Crippen molar-refractivity contribution < 1.29 is 26.7 Å². The lowest BCUT2D eigenvalue weighted by atomic mass is 10.2. The lowest BCUT2D eigenvalue weighted by Crippen LogP contribution is -2.37. The summed E-state index contributed by atoms with van der Waals surface area (Å²) in [5.74, 6) is -1.48. The quantitative estimate of drug-likeness (QED) is 0.627. The summed E-state index contributed by atoms with van der Waals surface area (Å²) in [5.41, 5.74) is 0.345. The number of nitrogens with one attached hydrogen (secondary N) is 1. The van der Waals surface area contributed by atoms with Gasteiger partial charge in [-0.2, -0.15) is 0 Å². The van der Waals surface area contributed by atoms with Crippen LogP contribution in [0.2, 0.25) is 0 Å².